The molecule has 1 aromatic carbocycles. The number of benzene rings is 1. The standard InChI is InChI=1S/C19H26N4O7/c1-11(22-18(29)13(20)7-8-15(24)25)17(28)23-14(19(30)21-10-16(26)27)9-12-5-3-2-4-6-12/h2-6,11,13-14H,7-10,20H2,1H3,(H,21,30)(H,22,29)(H,23,28)(H,24,25)(H,26,27). The SMILES string of the molecule is CC(NC(=O)C(N)CCC(=O)O)C(=O)NC(Cc1ccccc1)C(=O)NCC(=O)O. The normalized spacial score (nSPS) is 13.4. The van der Waals surface area contributed by atoms with Gasteiger partial charge in [-0.3, -0.25) is 24.0 Å². The number of carboxylic acid groups (broad SMARTS) is 2. The molecule has 1 aromatic rings. The van der Waals surface area contributed by atoms with Crippen LogP contribution in [0.1, 0.15) is 25.3 Å². The van der Waals surface area contributed by atoms with Crippen molar-refractivity contribution >= 4 is 29.7 Å². The van der Waals surface area contributed by atoms with Crippen LogP contribution in [0.25, 0.3) is 0 Å². The van der Waals surface area contributed by atoms with Crippen molar-refractivity contribution in [2.75, 3.05) is 6.54 Å². The smallest absolute Gasteiger partial charge is 0.322 e. The van der Waals surface area contributed by atoms with E-state index in [2.05, 4.69) is 16.0 Å². The van der Waals surface area contributed by atoms with Crippen molar-refractivity contribution in [3.63, 3.8) is 0 Å². The molecule has 1 rings (SSSR count). The van der Waals surface area contributed by atoms with Crippen LogP contribution in [0.5, 0.6) is 0 Å². The maximum atomic E-state index is 12.5. The van der Waals surface area contributed by atoms with Crippen molar-refractivity contribution < 1.29 is 34.2 Å². The van der Waals surface area contributed by atoms with Crippen LogP contribution >= 0.6 is 0 Å². The fourth-order valence-electron chi connectivity index (χ4n) is 2.44. The third-order valence-electron chi connectivity index (χ3n) is 4.09. The van der Waals surface area contributed by atoms with Gasteiger partial charge in [-0.05, 0) is 18.9 Å². The molecule has 3 unspecified atom stereocenters. The van der Waals surface area contributed by atoms with Gasteiger partial charge in [0.1, 0.15) is 18.6 Å². The molecule has 0 spiro atoms. The highest BCUT2D eigenvalue weighted by Crippen LogP contribution is 2.04. The Kier molecular flexibility index (Phi) is 9.97. The van der Waals surface area contributed by atoms with Gasteiger partial charge in [0.05, 0.1) is 6.04 Å². The average Bonchev–Trinajstić information content (AvgIpc) is 2.70. The Morgan fingerprint density at radius 3 is 2.13 bits per heavy atom. The lowest BCUT2D eigenvalue weighted by Gasteiger charge is -2.22. The molecule has 0 saturated heterocycles. The molecule has 0 fully saturated rings. The Hall–Kier alpha value is -3.47. The summed E-state index contributed by atoms with van der Waals surface area (Å²) in [7, 11) is 0. The van der Waals surface area contributed by atoms with Crippen LogP contribution in [0.3, 0.4) is 0 Å². The molecule has 0 radical (unpaired) electrons. The summed E-state index contributed by atoms with van der Waals surface area (Å²) in [5, 5.41) is 24.4. The van der Waals surface area contributed by atoms with Gasteiger partial charge in [0.15, 0.2) is 0 Å². The lowest BCUT2D eigenvalue weighted by Crippen LogP contribution is -2.55. The minimum absolute atomic E-state index is 0.0935. The van der Waals surface area contributed by atoms with Crippen LogP contribution in [-0.2, 0) is 30.4 Å². The van der Waals surface area contributed by atoms with Gasteiger partial charge in [0.25, 0.3) is 0 Å². The second-order valence-corrected chi connectivity index (χ2v) is 6.63. The predicted octanol–water partition coefficient (Wildman–Crippen LogP) is -1.39. The summed E-state index contributed by atoms with van der Waals surface area (Å²) >= 11 is 0. The highest BCUT2D eigenvalue weighted by atomic mass is 16.4. The molecule has 3 amide bonds. The second-order valence-electron chi connectivity index (χ2n) is 6.63. The number of carbonyl (C=O) groups excluding carboxylic acids is 3. The summed E-state index contributed by atoms with van der Waals surface area (Å²) in [4.78, 5) is 58.1. The number of nitrogens with one attached hydrogen (secondary N) is 3. The first-order valence-electron chi connectivity index (χ1n) is 9.21. The molecule has 0 aliphatic carbocycles. The number of hydrogen-bond acceptors (Lipinski definition) is 6. The summed E-state index contributed by atoms with van der Waals surface area (Å²) in [5.41, 5.74) is 6.34. The number of nitrogens with two attached hydrogens (primary N) is 1. The van der Waals surface area contributed by atoms with Crippen molar-refractivity contribution in [1.82, 2.24) is 16.0 Å². The van der Waals surface area contributed by atoms with Crippen LogP contribution in [0.15, 0.2) is 30.3 Å². The van der Waals surface area contributed by atoms with E-state index in [1.807, 2.05) is 0 Å². The first-order valence-corrected chi connectivity index (χ1v) is 9.21. The zero-order valence-corrected chi connectivity index (χ0v) is 16.5. The third kappa shape index (κ3) is 9.15. The van der Waals surface area contributed by atoms with Gasteiger partial charge >= 0.3 is 11.9 Å². The molecule has 11 nitrogen and oxygen atoms in total. The van der Waals surface area contributed by atoms with E-state index in [0.717, 1.165) is 5.56 Å². The lowest BCUT2D eigenvalue weighted by atomic mass is 10.0. The van der Waals surface area contributed by atoms with E-state index in [1.165, 1.54) is 6.92 Å². The van der Waals surface area contributed by atoms with Gasteiger partial charge in [-0.15, -0.1) is 0 Å². The summed E-state index contributed by atoms with van der Waals surface area (Å²) in [6.45, 7) is 0.774. The first kappa shape index (κ1) is 24.6. The van der Waals surface area contributed by atoms with Crippen molar-refractivity contribution in [1.29, 1.82) is 0 Å². The zero-order chi connectivity index (χ0) is 22.7. The fraction of sp³-hybridized carbons (Fsp3) is 0.421. The number of aliphatic carboxylic acids is 2. The maximum absolute atomic E-state index is 12.5. The van der Waals surface area contributed by atoms with E-state index in [1.54, 1.807) is 30.3 Å². The minimum Gasteiger partial charge on any atom is -0.481 e. The number of carbonyl (C=O) groups is 5. The van der Waals surface area contributed by atoms with Crippen LogP contribution in [-0.4, -0.2) is 64.5 Å². The summed E-state index contributed by atoms with van der Waals surface area (Å²) in [5.74, 6) is -4.40. The van der Waals surface area contributed by atoms with Crippen LogP contribution < -0.4 is 21.7 Å². The predicted molar refractivity (Wildman–Crippen MR) is 105 cm³/mol. The number of hydrogen-bond donors (Lipinski definition) is 6. The van der Waals surface area contributed by atoms with Crippen molar-refractivity contribution in [3.05, 3.63) is 35.9 Å². The van der Waals surface area contributed by atoms with Gasteiger partial charge in [-0.2, -0.15) is 0 Å². The van der Waals surface area contributed by atoms with E-state index in [4.69, 9.17) is 15.9 Å². The van der Waals surface area contributed by atoms with Crippen molar-refractivity contribution in [3.8, 4) is 0 Å². The topological polar surface area (TPSA) is 188 Å². The molecule has 7 N–H and O–H groups in total. The van der Waals surface area contributed by atoms with Gasteiger partial charge < -0.3 is 31.9 Å². The molecule has 0 aromatic heterocycles. The van der Waals surface area contributed by atoms with Gasteiger partial charge in [-0.25, -0.2) is 0 Å². The molecule has 0 aliphatic rings. The van der Waals surface area contributed by atoms with Gasteiger partial charge in [0, 0.05) is 12.8 Å². The van der Waals surface area contributed by atoms with Gasteiger partial charge in [0.2, 0.25) is 17.7 Å². The van der Waals surface area contributed by atoms with E-state index in [0.29, 0.717) is 0 Å². The Bertz CT molecular complexity index is 769. The maximum Gasteiger partial charge on any atom is 0.322 e. The monoisotopic (exact) mass is 422 g/mol. The fourth-order valence-corrected chi connectivity index (χ4v) is 2.44. The largest absolute Gasteiger partial charge is 0.481 e. The zero-order valence-electron chi connectivity index (χ0n) is 16.5. The Balaban J connectivity index is 2.74. The van der Waals surface area contributed by atoms with Crippen LogP contribution in [0.4, 0.5) is 0 Å². The molecule has 0 aliphatic heterocycles. The summed E-state index contributed by atoms with van der Waals surface area (Å²) < 4.78 is 0. The second kappa shape index (κ2) is 12.2. The lowest BCUT2D eigenvalue weighted by molar-refractivity contribution is -0.139. The van der Waals surface area contributed by atoms with Crippen LogP contribution in [0, 0.1) is 0 Å². The Labute approximate surface area is 173 Å². The van der Waals surface area contributed by atoms with Crippen molar-refractivity contribution in [2.45, 2.75) is 44.3 Å². The molecule has 164 valence electrons. The average molecular weight is 422 g/mol. The molecular formula is C19H26N4O7. The first-order chi connectivity index (χ1) is 14.1. The molecule has 0 saturated carbocycles. The third-order valence-corrected chi connectivity index (χ3v) is 4.09. The summed E-state index contributed by atoms with van der Waals surface area (Å²) in [6, 6.07) is 5.56. The van der Waals surface area contributed by atoms with E-state index in [9.17, 15) is 24.0 Å². The molecule has 3 atom stereocenters. The molecule has 30 heavy (non-hydrogen) atoms. The Morgan fingerprint density at radius 1 is 0.933 bits per heavy atom. The number of amides is 3. The highest BCUT2D eigenvalue weighted by molar-refractivity contribution is 5.93. The molecule has 0 heterocycles. The number of rotatable bonds is 12. The minimum atomic E-state index is -1.23. The van der Waals surface area contributed by atoms with E-state index >= 15 is 0 Å². The molecular weight excluding hydrogens is 396 g/mol. The molecule has 11 heteroatoms. The highest BCUT2D eigenvalue weighted by Gasteiger charge is 2.26. The van der Waals surface area contributed by atoms with E-state index < -0.39 is 54.3 Å². The summed E-state index contributed by atoms with van der Waals surface area (Å²) in [6.07, 6.45) is -0.279. The van der Waals surface area contributed by atoms with E-state index in [-0.39, 0.29) is 19.3 Å². The Morgan fingerprint density at radius 2 is 1.57 bits per heavy atom. The molecule has 0 bridgehead atoms. The van der Waals surface area contributed by atoms with Gasteiger partial charge in [-0.1, -0.05) is 30.3 Å². The number of carboxylic acids is 2. The van der Waals surface area contributed by atoms with Crippen molar-refractivity contribution in [2.24, 2.45) is 5.73 Å². The van der Waals surface area contributed by atoms with Crippen LogP contribution in [0.2, 0.25) is 0 Å². The quantitative estimate of drug-likeness (QED) is 0.237.